The van der Waals surface area contributed by atoms with E-state index in [4.69, 9.17) is 11.6 Å². The second kappa shape index (κ2) is 6.61. The van der Waals surface area contributed by atoms with E-state index >= 15 is 0 Å². The molecule has 0 aliphatic carbocycles. The van der Waals surface area contributed by atoms with Crippen LogP contribution in [0.25, 0.3) is 11.0 Å². The Kier molecular flexibility index (Phi) is 5.34. The molecule has 0 amide bonds. The summed E-state index contributed by atoms with van der Waals surface area (Å²) in [5.41, 5.74) is 1.87. The van der Waals surface area contributed by atoms with Crippen LogP contribution in [0.2, 0.25) is 5.15 Å². The fraction of sp³-hybridized carbons (Fsp3) is 0.588. The highest BCUT2D eigenvalue weighted by molar-refractivity contribution is 7.98. The SMILES string of the molecule is CC(C)(C)Cn1cc(CNSC(C)(C)C)c2cc(F)c(Cl)nc21. The van der Waals surface area contributed by atoms with Gasteiger partial charge in [0.15, 0.2) is 11.0 Å². The predicted octanol–water partition coefficient (Wildman–Crippen LogP) is 5.41. The van der Waals surface area contributed by atoms with E-state index in [1.165, 1.54) is 6.07 Å². The van der Waals surface area contributed by atoms with Crippen LogP contribution < -0.4 is 4.72 Å². The topological polar surface area (TPSA) is 29.9 Å². The number of nitrogens with zero attached hydrogens (tertiary/aromatic N) is 2. The Labute approximate surface area is 147 Å². The van der Waals surface area contributed by atoms with Gasteiger partial charge in [0.1, 0.15) is 5.65 Å². The van der Waals surface area contributed by atoms with Crippen molar-refractivity contribution in [1.82, 2.24) is 14.3 Å². The van der Waals surface area contributed by atoms with Crippen LogP contribution in [0, 0.1) is 11.2 Å². The highest BCUT2D eigenvalue weighted by atomic mass is 35.5. The lowest BCUT2D eigenvalue weighted by Crippen LogP contribution is -2.17. The van der Waals surface area contributed by atoms with Crippen LogP contribution in [0.4, 0.5) is 4.39 Å². The van der Waals surface area contributed by atoms with Crippen molar-refractivity contribution in [3.05, 3.63) is 28.8 Å². The Balaban J connectivity index is 2.38. The molecule has 2 heterocycles. The van der Waals surface area contributed by atoms with Gasteiger partial charge in [0.05, 0.1) is 0 Å². The number of nitrogens with one attached hydrogen (secondary N) is 1. The van der Waals surface area contributed by atoms with Crippen molar-refractivity contribution in [1.29, 1.82) is 0 Å². The van der Waals surface area contributed by atoms with Gasteiger partial charge in [-0.25, -0.2) is 9.37 Å². The second-order valence-electron chi connectivity index (χ2n) is 8.01. The first-order chi connectivity index (χ1) is 10.5. The van der Waals surface area contributed by atoms with Crippen LogP contribution in [-0.2, 0) is 13.1 Å². The molecule has 23 heavy (non-hydrogen) atoms. The molecule has 128 valence electrons. The zero-order valence-electron chi connectivity index (χ0n) is 14.6. The summed E-state index contributed by atoms with van der Waals surface area (Å²) in [6, 6.07) is 1.49. The number of fused-ring (bicyclic) bond motifs is 1. The lowest BCUT2D eigenvalue weighted by molar-refractivity contribution is 0.348. The molecule has 0 bridgehead atoms. The number of hydrogen-bond donors (Lipinski definition) is 1. The molecule has 0 radical (unpaired) electrons. The van der Waals surface area contributed by atoms with Crippen LogP contribution in [0.3, 0.4) is 0 Å². The average Bonchev–Trinajstić information content (AvgIpc) is 2.65. The maximum atomic E-state index is 13.9. The lowest BCUT2D eigenvalue weighted by atomic mass is 9.97. The first-order valence-corrected chi connectivity index (χ1v) is 8.90. The minimum Gasteiger partial charge on any atom is -0.332 e. The molecule has 0 aromatic carbocycles. The van der Waals surface area contributed by atoms with Gasteiger partial charge < -0.3 is 4.57 Å². The van der Waals surface area contributed by atoms with Crippen molar-refractivity contribution in [2.75, 3.05) is 0 Å². The van der Waals surface area contributed by atoms with E-state index in [1.54, 1.807) is 11.9 Å². The molecule has 1 N–H and O–H groups in total. The molecule has 0 spiro atoms. The molecule has 6 heteroatoms. The number of pyridine rings is 1. The van der Waals surface area contributed by atoms with Crippen LogP contribution in [0.5, 0.6) is 0 Å². The molecule has 0 aliphatic rings. The molecular weight excluding hydrogens is 333 g/mol. The molecule has 0 saturated carbocycles. The Morgan fingerprint density at radius 1 is 1.26 bits per heavy atom. The molecule has 0 aliphatic heterocycles. The third-order valence-corrected chi connectivity index (χ3v) is 4.29. The van der Waals surface area contributed by atoms with Crippen molar-refractivity contribution in [3.63, 3.8) is 0 Å². The molecule has 0 fully saturated rings. The Morgan fingerprint density at radius 2 is 1.91 bits per heavy atom. The van der Waals surface area contributed by atoms with E-state index in [0.29, 0.717) is 6.54 Å². The highest BCUT2D eigenvalue weighted by Crippen LogP contribution is 2.28. The first kappa shape index (κ1) is 18.6. The summed E-state index contributed by atoms with van der Waals surface area (Å²) in [6.07, 6.45) is 2.05. The molecular formula is C17H25ClFN3S. The van der Waals surface area contributed by atoms with Gasteiger partial charge >= 0.3 is 0 Å². The minimum atomic E-state index is -0.475. The largest absolute Gasteiger partial charge is 0.332 e. The average molecular weight is 358 g/mol. The summed E-state index contributed by atoms with van der Waals surface area (Å²) in [6.45, 7) is 14.4. The van der Waals surface area contributed by atoms with Crippen molar-refractivity contribution in [2.24, 2.45) is 5.41 Å². The summed E-state index contributed by atoms with van der Waals surface area (Å²) in [5, 5.41) is 0.743. The number of halogens is 2. The van der Waals surface area contributed by atoms with E-state index in [1.807, 2.05) is 0 Å². The summed E-state index contributed by atoms with van der Waals surface area (Å²) >= 11 is 7.55. The van der Waals surface area contributed by atoms with Gasteiger partial charge in [-0.15, -0.1) is 0 Å². The van der Waals surface area contributed by atoms with Gasteiger partial charge in [0.2, 0.25) is 0 Å². The van der Waals surface area contributed by atoms with Crippen molar-refractivity contribution >= 4 is 34.6 Å². The van der Waals surface area contributed by atoms with Gasteiger partial charge in [-0.3, -0.25) is 4.72 Å². The Bertz CT molecular complexity index is 698. The van der Waals surface area contributed by atoms with Crippen molar-refractivity contribution in [3.8, 4) is 0 Å². The first-order valence-electron chi connectivity index (χ1n) is 7.71. The monoisotopic (exact) mass is 357 g/mol. The maximum Gasteiger partial charge on any atom is 0.167 e. The number of aromatic nitrogens is 2. The van der Waals surface area contributed by atoms with Gasteiger partial charge in [0, 0.05) is 29.4 Å². The molecule has 3 nitrogen and oxygen atoms in total. The van der Waals surface area contributed by atoms with Gasteiger partial charge in [-0.05, 0) is 37.8 Å². The van der Waals surface area contributed by atoms with Crippen LogP contribution in [0.1, 0.15) is 47.1 Å². The molecule has 2 rings (SSSR count). The zero-order valence-corrected chi connectivity index (χ0v) is 16.2. The number of rotatable bonds is 4. The Hall–Kier alpha value is -0.780. The summed E-state index contributed by atoms with van der Waals surface area (Å²) in [7, 11) is 0. The van der Waals surface area contributed by atoms with E-state index < -0.39 is 5.82 Å². The molecule has 0 unspecified atom stereocenters. The summed E-state index contributed by atoms with van der Waals surface area (Å²) < 4.78 is 19.4. The van der Waals surface area contributed by atoms with Crippen molar-refractivity contribution in [2.45, 2.75) is 59.4 Å². The van der Waals surface area contributed by atoms with Crippen molar-refractivity contribution < 1.29 is 4.39 Å². The van der Waals surface area contributed by atoms with Gasteiger partial charge in [-0.2, -0.15) is 0 Å². The lowest BCUT2D eigenvalue weighted by Gasteiger charge is -2.19. The van der Waals surface area contributed by atoms with E-state index in [2.05, 4.69) is 62.0 Å². The predicted molar refractivity (Wildman–Crippen MR) is 98.3 cm³/mol. The third kappa shape index (κ3) is 5.10. The van der Waals surface area contributed by atoms with E-state index in [0.717, 1.165) is 23.1 Å². The molecule has 2 aromatic rings. The molecule has 2 aromatic heterocycles. The van der Waals surface area contributed by atoms with Crippen LogP contribution >= 0.6 is 23.5 Å². The van der Waals surface area contributed by atoms with Gasteiger partial charge in [-0.1, -0.05) is 44.3 Å². The zero-order chi connectivity index (χ0) is 17.4. The maximum absolute atomic E-state index is 13.9. The molecule has 0 atom stereocenters. The fourth-order valence-corrected chi connectivity index (χ4v) is 3.13. The Morgan fingerprint density at radius 3 is 2.48 bits per heavy atom. The summed E-state index contributed by atoms with van der Waals surface area (Å²) in [4.78, 5) is 4.26. The van der Waals surface area contributed by atoms with Crippen LogP contribution in [-0.4, -0.2) is 14.3 Å². The van der Waals surface area contributed by atoms with Crippen LogP contribution in [0.15, 0.2) is 12.3 Å². The fourth-order valence-electron chi connectivity index (χ4n) is 2.33. The van der Waals surface area contributed by atoms with E-state index in [9.17, 15) is 4.39 Å². The van der Waals surface area contributed by atoms with E-state index in [-0.39, 0.29) is 15.3 Å². The second-order valence-corrected chi connectivity index (χ2v) is 10.1. The van der Waals surface area contributed by atoms with Gasteiger partial charge in [0.25, 0.3) is 0 Å². The highest BCUT2D eigenvalue weighted by Gasteiger charge is 2.19. The minimum absolute atomic E-state index is 0.0747. The number of hydrogen-bond acceptors (Lipinski definition) is 3. The normalized spacial score (nSPS) is 13.0. The quantitative estimate of drug-likeness (QED) is 0.586. The smallest absolute Gasteiger partial charge is 0.167 e. The summed E-state index contributed by atoms with van der Waals surface area (Å²) in [5.74, 6) is -0.475. The standard InChI is InChI=1S/C17H25ClFN3S/c1-16(2,3)10-22-9-11(8-20-23-17(4,5)6)12-7-13(19)14(18)21-15(12)22/h7,9,20H,8,10H2,1-6H3. The third-order valence-electron chi connectivity index (χ3n) is 3.13. The molecule has 0 saturated heterocycles.